The second-order valence-electron chi connectivity index (χ2n) is 8.73. The number of ether oxygens (including phenoxy) is 1. The molecule has 1 saturated heterocycles. The summed E-state index contributed by atoms with van der Waals surface area (Å²) in [5.74, 6) is 0.639. The van der Waals surface area contributed by atoms with Gasteiger partial charge in [-0.25, -0.2) is 4.79 Å². The zero-order valence-corrected chi connectivity index (χ0v) is 19.4. The molecule has 3 aromatic carbocycles. The summed E-state index contributed by atoms with van der Waals surface area (Å²) in [4.78, 5) is 27.3. The number of rotatable bonds is 8. The zero-order valence-electron chi connectivity index (χ0n) is 19.4. The number of benzene rings is 3. The highest BCUT2D eigenvalue weighted by Gasteiger charge is 2.15. The maximum absolute atomic E-state index is 11.4. The number of carboxylic acid groups (broad SMARTS) is 1. The van der Waals surface area contributed by atoms with Gasteiger partial charge in [-0.05, 0) is 86.1 Å². The number of nitrogens with zero attached hydrogens (tertiary/aromatic N) is 2. The lowest BCUT2D eigenvalue weighted by Crippen LogP contribution is -2.30. The van der Waals surface area contributed by atoms with Gasteiger partial charge in [0, 0.05) is 31.7 Å². The maximum atomic E-state index is 11.4. The summed E-state index contributed by atoms with van der Waals surface area (Å²) < 4.78 is 5.91. The van der Waals surface area contributed by atoms with E-state index in [1.54, 1.807) is 31.2 Å². The molecule has 0 amide bonds. The molecule has 34 heavy (non-hydrogen) atoms. The Balaban J connectivity index is 1.27. The maximum Gasteiger partial charge on any atom is 0.335 e. The quantitative estimate of drug-likeness (QED) is 0.474. The van der Waals surface area contributed by atoms with Crippen LogP contribution in [0.4, 0.5) is 0 Å². The van der Waals surface area contributed by atoms with E-state index in [1.807, 2.05) is 36.4 Å². The predicted molar refractivity (Wildman–Crippen MR) is 132 cm³/mol. The first-order valence-electron chi connectivity index (χ1n) is 11.6. The monoisotopic (exact) mass is 458 g/mol. The minimum Gasteiger partial charge on any atom is -0.478 e. The van der Waals surface area contributed by atoms with Gasteiger partial charge in [-0.2, -0.15) is 0 Å². The van der Waals surface area contributed by atoms with Crippen molar-refractivity contribution in [2.24, 2.45) is 0 Å². The zero-order chi connectivity index (χ0) is 23.9. The van der Waals surface area contributed by atoms with Crippen LogP contribution in [0, 0.1) is 0 Å². The first kappa shape index (κ1) is 23.7. The van der Waals surface area contributed by atoms with Crippen molar-refractivity contribution in [2.45, 2.75) is 26.4 Å². The minimum atomic E-state index is -0.889. The third-order valence-electron chi connectivity index (χ3n) is 6.11. The second-order valence-corrected chi connectivity index (χ2v) is 8.73. The van der Waals surface area contributed by atoms with E-state index in [0.29, 0.717) is 16.9 Å². The van der Waals surface area contributed by atoms with Gasteiger partial charge in [0.2, 0.25) is 0 Å². The fourth-order valence-corrected chi connectivity index (χ4v) is 4.17. The summed E-state index contributed by atoms with van der Waals surface area (Å²) in [6.45, 7) is 7.35. The first-order chi connectivity index (χ1) is 16.5. The molecule has 0 spiro atoms. The topological polar surface area (TPSA) is 70.1 Å². The molecule has 0 unspecified atom stereocenters. The number of aromatic carboxylic acids is 1. The molecule has 6 heteroatoms. The number of carbonyl (C=O) groups excluding carboxylic acids is 1. The van der Waals surface area contributed by atoms with Gasteiger partial charge in [-0.1, -0.05) is 24.3 Å². The number of hydrogen-bond donors (Lipinski definition) is 1. The van der Waals surface area contributed by atoms with Crippen LogP contribution in [0.3, 0.4) is 0 Å². The van der Waals surface area contributed by atoms with E-state index < -0.39 is 5.97 Å². The Bertz CT molecular complexity index is 1110. The highest BCUT2D eigenvalue weighted by Crippen LogP contribution is 2.23. The summed E-state index contributed by atoms with van der Waals surface area (Å²) in [5, 5.41) is 9.06. The highest BCUT2D eigenvalue weighted by molar-refractivity contribution is 5.94. The number of Topliss-reactive ketones (excluding diaryl/α,β-unsaturated/α-hetero) is 1. The Labute approximate surface area is 200 Å². The number of carboxylic acids is 1. The summed E-state index contributed by atoms with van der Waals surface area (Å²) in [5.41, 5.74) is 3.39. The van der Waals surface area contributed by atoms with Crippen LogP contribution >= 0.6 is 0 Å². The summed E-state index contributed by atoms with van der Waals surface area (Å²) in [7, 11) is 0. The fraction of sp³-hybridized carbons (Fsp3) is 0.286. The molecule has 3 aromatic rings. The van der Waals surface area contributed by atoms with E-state index in [4.69, 9.17) is 9.84 Å². The standard InChI is InChI=1S/C28H30N2O4/c1-21(31)24-9-13-27(14-10-24)34-26-11-5-23(6-12-26)20-30-16-2-15-29(17-18-30)19-22-3-7-25(8-4-22)28(32)33/h3-14H,2,15-20H2,1H3,(H,32,33). The Morgan fingerprint density at radius 1 is 0.706 bits per heavy atom. The highest BCUT2D eigenvalue weighted by atomic mass is 16.5. The van der Waals surface area contributed by atoms with E-state index in [2.05, 4.69) is 21.9 Å². The minimum absolute atomic E-state index is 0.0435. The lowest BCUT2D eigenvalue weighted by Gasteiger charge is -2.22. The van der Waals surface area contributed by atoms with Crippen LogP contribution in [-0.2, 0) is 13.1 Å². The van der Waals surface area contributed by atoms with Crippen LogP contribution in [0.1, 0.15) is 45.2 Å². The van der Waals surface area contributed by atoms with Gasteiger partial charge in [-0.15, -0.1) is 0 Å². The molecule has 6 nitrogen and oxygen atoms in total. The normalized spacial score (nSPS) is 15.0. The van der Waals surface area contributed by atoms with E-state index in [1.165, 1.54) is 5.56 Å². The van der Waals surface area contributed by atoms with E-state index >= 15 is 0 Å². The smallest absolute Gasteiger partial charge is 0.335 e. The summed E-state index contributed by atoms with van der Waals surface area (Å²) in [6.07, 6.45) is 1.10. The Kier molecular flexibility index (Phi) is 7.72. The summed E-state index contributed by atoms with van der Waals surface area (Å²) in [6, 6.07) is 22.5. The van der Waals surface area contributed by atoms with Crippen molar-refractivity contribution in [2.75, 3.05) is 26.2 Å². The third-order valence-corrected chi connectivity index (χ3v) is 6.11. The molecule has 0 saturated carbocycles. The van der Waals surface area contributed by atoms with Crippen LogP contribution in [0.5, 0.6) is 11.5 Å². The molecule has 176 valence electrons. The van der Waals surface area contributed by atoms with E-state index in [9.17, 15) is 9.59 Å². The lowest BCUT2D eigenvalue weighted by atomic mass is 10.1. The molecule has 4 rings (SSSR count). The average Bonchev–Trinajstić information content (AvgIpc) is 3.06. The molecule has 1 aliphatic heterocycles. The van der Waals surface area contributed by atoms with Crippen molar-refractivity contribution in [3.8, 4) is 11.5 Å². The first-order valence-corrected chi connectivity index (χ1v) is 11.6. The van der Waals surface area contributed by atoms with Gasteiger partial charge in [0.05, 0.1) is 5.56 Å². The van der Waals surface area contributed by atoms with Crippen molar-refractivity contribution in [1.29, 1.82) is 0 Å². The molecule has 1 N–H and O–H groups in total. The number of carbonyl (C=O) groups is 2. The molecule has 1 aliphatic rings. The molecule has 0 bridgehead atoms. The molecule has 0 radical (unpaired) electrons. The van der Waals surface area contributed by atoms with Crippen LogP contribution in [-0.4, -0.2) is 52.8 Å². The molecule has 1 fully saturated rings. The number of hydrogen-bond acceptors (Lipinski definition) is 5. The Morgan fingerprint density at radius 3 is 1.62 bits per heavy atom. The van der Waals surface area contributed by atoms with E-state index in [-0.39, 0.29) is 5.78 Å². The van der Waals surface area contributed by atoms with Crippen molar-refractivity contribution in [3.05, 3.63) is 95.1 Å². The van der Waals surface area contributed by atoms with Gasteiger partial charge >= 0.3 is 5.97 Å². The van der Waals surface area contributed by atoms with Gasteiger partial charge in [-0.3, -0.25) is 14.6 Å². The molecule has 0 aromatic heterocycles. The van der Waals surface area contributed by atoms with Crippen molar-refractivity contribution in [3.63, 3.8) is 0 Å². The number of ketones is 1. The Hall–Kier alpha value is -3.48. The predicted octanol–water partition coefficient (Wildman–Crippen LogP) is 5.09. The van der Waals surface area contributed by atoms with Gasteiger partial charge in [0.15, 0.2) is 5.78 Å². The molecule has 1 heterocycles. The molecule has 0 aliphatic carbocycles. The second kappa shape index (κ2) is 11.1. The van der Waals surface area contributed by atoms with Crippen molar-refractivity contribution < 1.29 is 19.4 Å². The van der Waals surface area contributed by atoms with Crippen molar-refractivity contribution in [1.82, 2.24) is 9.80 Å². The average molecular weight is 459 g/mol. The van der Waals surface area contributed by atoms with E-state index in [0.717, 1.165) is 57.0 Å². The fourth-order valence-electron chi connectivity index (χ4n) is 4.17. The third kappa shape index (κ3) is 6.53. The largest absolute Gasteiger partial charge is 0.478 e. The lowest BCUT2D eigenvalue weighted by molar-refractivity contribution is 0.0696. The van der Waals surface area contributed by atoms with Gasteiger partial charge in [0.25, 0.3) is 0 Å². The van der Waals surface area contributed by atoms with Gasteiger partial charge < -0.3 is 9.84 Å². The van der Waals surface area contributed by atoms with Gasteiger partial charge in [0.1, 0.15) is 11.5 Å². The molecular formula is C28H30N2O4. The van der Waals surface area contributed by atoms with Crippen LogP contribution < -0.4 is 4.74 Å². The SMILES string of the molecule is CC(=O)c1ccc(Oc2ccc(CN3CCCN(Cc4ccc(C(=O)O)cc4)CC3)cc2)cc1. The Morgan fingerprint density at radius 2 is 1.15 bits per heavy atom. The molecule has 0 atom stereocenters. The van der Waals surface area contributed by atoms with Crippen LogP contribution in [0.15, 0.2) is 72.8 Å². The molecular weight excluding hydrogens is 428 g/mol. The van der Waals surface area contributed by atoms with Crippen LogP contribution in [0.2, 0.25) is 0 Å². The summed E-state index contributed by atoms with van der Waals surface area (Å²) >= 11 is 0. The van der Waals surface area contributed by atoms with Crippen molar-refractivity contribution >= 4 is 11.8 Å². The van der Waals surface area contributed by atoms with Crippen LogP contribution in [0.25, 0.3) is 0 Å².